The number of amides is 1. The predicted octanol–water partition coefficient (Wildman–Crippen LogP) is 2.59. The average molecular weight is 340 g/mol. The maximum atomic E-state index is 12.4. The molecule has 3 rings (SSSR count). The minimum absolute atomic E-state index is 0.186. The second kappa shape index (κ2) is 6.76. The van der Waals surface area contributed by atoms with E-state index in [1.165, 1.54) is 0 Å². The van der Waals surface area contributed by atoms with E-state index >= 15 is 0 Å². The van der Waals surface area contributed by atoms with E-state index in [1.54, 1.807) is 24.9 Å². The number of carbonyl (C=O) groups is 1. The molecule has 0 aliphatic carbocycles. The summed E-state index contributed by atoms with van der Waals surface area (Å²) in [5, 5.41) is 14.0. The number of nitrogens with one attached hydrogen (secondary N) is 2. The molecule has 1 amide bonds. The van der Waals surface area contributed by atoms with Gasteiger partial charge in [0.15, 0.2) is 5.82 Å². The quantitative estimate of drug-likeness (QED) is 0.744. The number of anilines is 1. The minimum Gasteiger partial charge on any atom is -0.497 e. The molecule has 0 saturated carbocycles. The van der Waals surface area contributed by atoms with Crippen molar-refractivity contribution in [1.29, 1.82) is 0 Å². The highest BCUT2D eigenvalue weighted by molar-refractivity contribution is 6.02. The van der Waals surface area contributed by atoms with E-state index in [0.29, 0.717) is 23.2 Å². The number of aromatic amines is 1. The van der Waals surface area contributed by atoms with Crippen LogP contribution in [0.3, 0.4) is 0 Å². The Labute approximate surface area is 145 Å². The normalized spacial score (nSPS) is 10.9. The van der Waals surface area contributed by atoms with Gasteiger partial charge in [-0.15, -0.1) is 0 Å². The summed E-state index contributed by atoms with van der Waals surface area (Å²) < 4.78 is 6.69. The Morgan fingerprint density at radius 2 is 2.00 bits per heavy atom. The van der Waals surface area contributed by atoms with Gasteiger partial charge in [0.25, 0.3) is 5.91 Å². The summed E-state index contributed by atoms with van der Waals surface area (Å²) in [5.41, 5.74) is 1.91. The lowest BCUT2D eigenvalue weighted by Crippen LogP contribution is -2.15. The number of benzene rings is 1. The highest BCUT2D eigenvalue weighted by atomic mass is 16.5. The van der Waals surface area contributed by atoms with Crippen LogP contribution in [0.1, 0.15) is 36.1 Å². The van der Waals surface area contributed by atoms with Crippen molar-refractivity contribution in [2.75, 3.05) is 12.4 Å². The van der Waals surface area contributed by atoms with Crippen molar-refractivity contribution in [1.82, 2.24) is 25.0 Å². The van der Waals surface area contributed by atoms with Gasteiger partial charge >= 0.3 is 0 Å². The number of aryl methyl sites for hydroxylation is 1. The summed E-state index contributed by atoms with van der Waals surface area (Å²) in [6.45, 7) is 3.99. The van der Waals surface area contributed by atoms with Gasteiger partial charge in [0.2, 0.25) is 5.95 Å². The van der Waals surface area contributed by atoms with Crippen molar-refractivity contribution in [2.45, 2.75) is 19.8 Å². The van der Waals surface area contributed by atoms with Crippen LogP contribution in [0.4, 0.5) is 5.95 Å². The fourth-order valence-corrected chi connectivity index (χ4v) is 2.27. The number of H-pyrrole nitrogens is 1. The second-order valence-corrected chi connectivity index (χ2v) is 5.92. The molecule has 0 spiro atoms. The highest BCUT2D eigenvalue weighted by Crippen LogP contribution is 2.21. The number of hydrogen-bond donors (Lipinski definition) is 2. The number of hydrogen-bond acceptors (Lipinski definition) is 5. The Kier molecular flexibility index (Phi) is 4.51. The number of methoxy groups -OCH3 is 1. The molecule has 8 heteroatoms. The summed E-state index contributed by atoms with van der Waals surface area (Å²) in [7, 11) is 3.35. The molecular formula is C17H20N6O2. The molecule has 8 nitrogen and oxygen atoms in total. The first kappa shape index (κ1) is 16.7. The zero-order valence-electron chi connectivity index (χ0n) is 14.6. The Balaban J connectivity index is 1.76. The van der Waals surface area contributed by atoms with E-state index in [2.05, 4.69) is 25.6 Å². The van der Waals surface area contributed by atoms with Crippen LogP contribution in [0.5, 0.6) is 5.75 Å². The van der Waals surface area contributed by atoms with Crippen molar-refractivity contribution < 1.29 is 9.53 Å². The smallest absolute Gasteiger partial charge is 0.276 e. The van der Waals surface area contributed by atoms with Crippen LogP contribution in [-0.4, -0.2) is 38.0 Å². The third-order valence-corrected chi connectivity index (χ3v) is 3.73. The molecule has 0 aliphatic heterocycles. The van der Waals surface area contributed by atoms with Crippen molar-refractivity contribution in [2.24, 2.45) is 7.05 Å². The maximum Gasteiger partial charge on any atom is 0.276 e. The van der Waals surface area contributed by atoms with Gasteiger partial charge in [-0.1, -0.05) is 13.8 Å². The molecule has 25 heavy (non-hydrogen) atoms. The summed E-state index contributed by atoms with van der Waals surface area (Å²) in [4.78, 5) is 16.7. The summed E-state index contributed by atoms with van der Waals surface area (Å²) in [6.07, 6.45) is 0. The molecular weight excluding hydrogens is 320 g/mol. The average Bonchev–Trinajstić information content (AvgIpc) is 3.23. The van der Waals surface area contributed by atoms with Crippen molar-refractivity contribution >= 4 is 11.9 Å². The van der Waals surface area contributed by atoms with Crippen molar-refractivity contribution in [3.05, 3.63) is 41.9 Å². The van der Waals surface area contributed by atoms with Gasteiger partial charge in [-0.25, -0.2) is 4.68 Å². The first-order valence-corrected chi connectivity index (χ1v) is 7.90. The standard InChI is InChI=1S/C17H20N6O2/c1-10(2)15-18-17(23(3)22-15)19-16(24)14-9-13(20-21-14)11-5-7-12(25-4)8-6-11/h5-10H,1-4H3,(H,20,21)(H,18,19,22,24). The van der Waals surface area contributed by atoms with Gasteiger partial charge in [-0.3, -0.25) is 15.2 Å². The molecule has 1 aromatic carbocycles. The fraction of sp³-hybridized carbons (Fsp3) is 0.294. The largest absolute Gasteiger partial charge is 0.497 e. The second-order valence-electron chi connectivity index (χ2n) is 5.92. The molecule has 0 fully saturated rings. The molecule has 2 aromatic heterocycles. The summed E-state index contributed by atoms with van der Waals surface area (Å²) in [5.74, 6) is 1.71. The Morgan fingerprint density at radius 3 is 2.60 bits per heavy atom. The lowest BCUT2D eigenvalue weighted by molar-refractivity contribution is 0.102. The maximum absolute atomic E-state index is 12.4. The number of aromatic nitrogens is 5. The van der Waals surface area contributed by atoms with Gasteiger partial charge in [-0.05, 0) is 30.3 Å². The number of carbonyl (C=O) groups excluding carboxylic acids is 1. The van der Waals surface area contributed by atoms with E-state index in [0.717, 1.165) is 11.3 Å². The lowest BCUT2D eigenvalue weighted by atomic mass is 10.1. The van der Waals surface area contributed by atoms with Crippen LogP contribution in [0.15, 0.2) is 30.3 Å². The van der Waals surface area contributed by atoms with Gasteiger partial charge in [0.05, 0.1) is 12.8 Å². The highest BCUT2D eigenvalue weighted by Gasteiger charge is 2.16. The third-order valence-electron chi connectivity index (χ3n) is 3.73. The van der Waals surface area contributed by atoms with Crippen molar-refractivity contribution in [3.63, 3.8) is 0 Å². The number of ether oxygens (including phenoxy) is 1. The summed E-state index contributed by atoms with van der Waals surface area (Å²) >= 11 is 0. The van der Waals surface area contributed by atoms with Gasteiger partial charge in [0, 0.05) is 18.5 Å². The molecule has 0 aliphatic rings. The summed E-state index contributed by atoms with van der Waals surface area (Å²) in [6, 6.07) is 9.15. The van der Waals surface area contributed by atoms with E-state index < -0.39 is 0 Å². The number of nitrogens with zero attached hydrogens (tertiary/aromatic N) is 4. The van der Waals surface area contributed by atoms with Crippen LogP contribution in [-0.2, 0) is 7.05 Å². The van der Waals surface area contributed by atoms with Crippen LogP contribution in [0, 0.1) is 0 Å². The van der Waals surface area contributed by atoms with Crippen LogP contribution in [0.2, 0.25) is 0 Å². The molecule has 0 saturated heterocycles. The first-order chi connectivity index (χ1) is 12.0. The minimum atomic E-state index is -0.321. The molecule has 0 unspecified atom stereocenters. The Morgan fingerprint density at radius 1 is 1.28 bits per heavy atom. The zero-order chi connectivity index (χ0) is 18.0. The van der Waals surface area contributed by atoms with E-state index in [9.17, 15) is 4.79 Å². The number of rotatable bonds is 5. The third kappa shape index (κ3) is 3.52. The zero-order valence-corrected chi connectivity index (χ0v) is 14.6. The molecule has 130 valence electrons. The monoisotopic (exact) mass is 340 g/mol. The van der Waals surface area contributed by atoms with Crippen molar-refractivity contribution in [3.8, 4) is 17.0 Å². The fourth-order valence-electron chi connectivity index (χ4n) is 2.27. The Hall–Kier alpha value is -3.16. The molecule has 0 radical (unpaired) electrons. The molecule has 3 aromatic rings. The van der Waals surface area contributed by atoms with Crippen LogP contribution >= 0.6 is 0 Å². The van der Waals surface area contributed by atoms with Gasteiger partial charge < -0.3 is 4.74 Å². The molecule has 2 heterocycles. The lowest BCUT2D eigenvalue weighted by Gasteiger charge is -2.01. The van der Waals surface area contributed by atoms with E-state index in [-0.39, 0.29) is 11.8 Å². The molecule has 0 atom stereocenters. The van der Waals surface area contributed by atoms with E-state index in [1.807, 2.05) is 38.1 Å². The Bertz CT molecular complexity index is 879. The molecule has 0 bridgehead atoms. The van der Waals surface area contributed by atoms with Crippen LogP contribution in [0.25, 0.3) is 11.3 Å². The predicted molar refractivity (Wildman–Crippen MR) is 93.6 cm³/mol. The first-order valence-electron chi connectivity index (χ1n) is 7.90. The van der Waals surface area contributed by atoms with Gasteiger partial charge in [0.1, 0.15) is 11.4 Å². The van der Waals surface area contributed by atoms with E-state index in [4.69, 9.17) is 4.74 Å². The molecule has 2 N–H and O–H groups in total. The topological polar surface area (TPSA) is 97.7 Å². The van der Waals surface area contributed by atoms with Gasteiger partial charge in [-0.2, -0.15) is 15.2 Å². The SMILES string of the molecule is COc1ccc(-c2cc(C(=O)Nc3nc(C(C)C)nn3C)[nH]n2)cc1. The van der Waals surface area contributed by atoms with Crippen LogP contribution < -0.4 is 10.1 Å².